The van der Waals surface area contributed by atoms with E-state index in [1.54, 1.807) is 0 Å². The fourth-order valence-electron chi connectivity index (χ4n) is 1.07. The molecule has 52 valence electrons. The summed E-state index contributed by atoms with van der Waals surface area (Å²) in [7, 11) is 0. The molecule has 2 heteroatoms. The molecule has 1 aliphatic carbocycles. The van der Waals surface area contributed by atoms with E-state index in [0.717, 1.165) is 0 Å². The lowest BCUT2D eigenvalue weighted by Crippen LogP contribution is -2.36. The van der Waals surface area contributed by atoms with E-state index in [2.05, 4.69) is 18.8 Å². The van der Waals surface area contributed by atoms with Crippen molar-refractivity contribution >= 4 is 0 Å². The molecule has 0 atom stereocenters. The van der Waals surface area contributed by atoms with E-state index in [1.807, 2.05) is 0 Å². The second-order valence-corrected chi connectivity index (χ2v) is 2.74. The van der Waals surface area contributed by atoms with Gasteiger partial charge in [-0.25, -0.2) is 0 Å². The monoisotopic (exact) mass is 126 g/mol. The Morgan fingerprint density at radius 1 is 1.78 bits per heavy atom. The van der Waals surface area contributed by atoms with Crippen LogP contribution in [0.15, 0.2) is 12.2 Å². The number of hydrogen-bond donors (Lipinski definition) is 2. The molecule has 1 aliphatic rings. The lowest BCUT2D eigenvalue weighted by Gasteiger charge is -2.14. The number of rotatable bonds is 3. The van der Waals surface area contributed by atoms with Crippen molar-refractivity contribution in [2.24, 2.45) is 5.73 Å². The van der Waals surface area contributed by atoms with Gasteiger partial charge in [0.25, 0.3) is 0 Å². The number of nitrogens with one attached hydrogen (secondary N) is 1. The van der Waals surface area contributed by atoms with Gasteiger partial charge >= 0.3 is 0 Å². The van der Waals surface area contributed by atoms with Crippen LogP contribution in [0.25, 0.3) is 0 Å². The molecular formula is C7H14N2. The standard InChI is InChI=1S/C7H14N2/c1-6(2)7(3-4-7)9-5-8/h9H,1,3-5,8H2,2H3. The maximum Gasteiger partial charge on any atom is 0.0435 e. The van der Waals surface area contributed by atoms with Crippen LogP contribution in [0.1, 0.15) is 19.8 Å². The SMILES string of the molecule is C=C(C)C1(NCN)CC1. The van der Waals surface area contributed by atoms with Gasteiger partial charge in [-0.15, -0.1) is 0 Å². The van der Waals surface area contributed by atoms with E-state index in [0.29, 0.717) is 6.67 Å². The third-order valence-corrected chi connectivity index (χ3v) is 2.01. The topological polar surface area (TPSA) is 38.0 Å². The Hall–Kier alpha value is -0.340. The summed E-state index contributed by atoms with van der Waals surface area (Å²) >= 11 is 0. The minimum absolute atomic E-state index is 0.231. The van der Waals surface area contributed by atoms with Crippen LogP contribution in [0.2, 0.25) is 0 Å². The highest BCUT2D eigenvalue weighted by Crippen LogP contribution is 2.40. The molecule has 0 saturated heterocycles. The van der Waals surface area contributed by atoms with Crippen LogP contribution < -0.4 is 11.1 Å². The molecule has 0 aromatic rings. The molecule has 0 radical (unpaired) electrons. The summed E-state index contributed by atoms with van der Waals surface area (Å²) in [5.74, 6) is 0. The zero-order valence-corrected chi connectivity index (χ0v) is 5.91. The van der Waals surface area contributed by atoms with Crippen LogP contribution in [0, 0.1) is 0 Å². The second kappa shape index (κ2) is 2.12. The minimum atomic E-state index is 0.231. The fourth-order valence-corrected chi connectivity index (χ4v) is 1.07. The Morgan fingerprint density at radius 3 is 2.44 bits per heavy atom. The van der Waals surface area contributed by atoms with Crippen molar-refractivity contribution in [3.8, 4) is 0 Å². The third kappa shape index (κ3) is 1.14. The van der Waals surface area contributed by atoms with E-state index in [-0.39, 0.29) is 5.54 Å². The first-order valence-corrected chi connectivity index (χ1v) is 3.32. The van der Waals surface area contributed by atoms with Gasteiger partial charge in [-0.1, -0.05) is 12.2 Å². The Labute approximate surface area is 56.1 Å². The quantitative estimate of drug-likeness (QED) is 0.429. The van der Waals surface area contributed by atoms with Gasteiger partial charge in [-0.3, -0.25) is 5.32 Å². The van der Waals surface area contributed by atoms with Crippen molar-refractivity contribution in [1.29, 1.82) is 0 Å². The first kappa shape index (κ1) is 6.78. The Bertz CT molecular complexity index is 125. The average Bonchev–Trinajstić information content (AvgIpc) is 2.49. The highest BCUT2D eigenvalue weighted by atomic mass is 15.1. The van der Waals surface area contributed by atoms with E-state index < -0.39 is 0 Å². The van der Waals surface area contributed by atoms with Crippen molar-refractivity contribution in [2.45, 2.75) is 25.3 Å². The van der Waals surface area contributed by atoms with Gasteiger partial charge < -0.3 is 5.73 Å². The van der Waals surface area contributed by atoms with Gasteiger partial charge in [0.2, 0.25) is 0 Å². The molecule has 3 N–H and O–H groups in total. The van der Waals surface area contributed by atoms with Crippen LogP contribution in [0.4, 0.5) is 0 Å². The van der Waals surface area contributed by atoms with Crippen molar-refractivity contribution in [1.82, 2.24) is 5.32 Å². The lowest BCUT2D eigenvalue weighted by molar-refractivity contribution is 0.574. The van der Waals surface area contributed by atoms with Crippen molar-refractivity contribution in [3.05, 3.63) is 12.2 Å². The molecular weight excluding hydrogens is 112 g/mol. The number of nitrogens with two attached hydrogens (primary N) is 1. The molecule has 1 fully saturated rings. The lowest BCUT2D eigenvalue weighted by atomic mass is 10.1. The van der Waals surface area contributed by atoms with Crippen LogP contribution in [-0.2, 0) is 0 Å². The van der Waals surface area contributed by atoms with Crippen LogP contribution >= 0.6 is 0 Å². The maximum atomic E-state index is 5.34. The molecule has 0 aromatic carbocycles. The summed E-state index contributed by atoms with van der Waals surface area (Å²) in [5.41, 5.74) is 6.79. The molecule has 0 amide bonds. The summed E-state index contributed by atoms with van der Waals surface area (Å²) in [6.45, 7) is 6.50. The summed E-state index contributed by atoms with van der Waals surface area (Å²) in [6, 6.07) is 0. The molecule has 0 spiro atoms. The smallest absolute Gasteiger partial charge is 0.0435 e. The van der Waals surface area contributed by atoms with Crippen LogP contribution in [-0.4, -0.2) is 12.2 Å². The molecule has 1 saturated carbocycles. The van der Waals surface area contributed by atoms with E-state index >= 15 is 0 Å². The fraction of sp³-hybridized carbons (Fsp3) is 0.714. The van der Waals surface area contributed by atoms with Crippen molar-refractivity contribution in [2.75, 3.05) is 6.67 Å². The molecule has 0 unspecified atom stereocenters. The Kier molecular flexibility index (Phi) is 1.60. The largest absolute Gasteiger partial charge is 0.318 e. The van der Waals surface area contributed by atoms with Crippen LogP contribution in [0.3, 0.4) is 0 Å². The van der Waals surface area contributed by atoms with Gasteiger partial charge in [0.1, 0.15) is 0 Å². The molecule has 0 heterocycles. The first-order valence-electron chi connectivity index (χ1n) is 3.32. The van der Waals surface area contributed by atoms with E-state index in [4.69, 9.17) is 5.73 Å². The zero-order valence-electron chi connectivity index (χ0n) is 5.91. The summed E-state index contributed by atoms with van der Waals surface area (Å²) in [5, 5.41) is 3.21. The third-order valence-electron chi connectivity index (χ3n) is 2.01. The Morgan fingerprint density at radius 2 is 2.33 bits per heavy atom. The van der Waals surface area contributed by atoms with Crippen molar-refractivity contribution in [3.63, 3.8) is 0 Å². The zero-order chi connectivity index (χ0) is 6.91. The highest BCUT2D eigenvalue weighted by Gasteiger charge is 2.42. The van der Waals surface area contributed by atoms with E-state index in [9.17, 15) is 0 Å². The second-order valence-electron chi connectivity index (χ2n) is 2.74. The minimum Gasteiger partial charge on any atom is -0.318 e. The average molecular weight is 126 g/mol. The summed E-state index contributed by atoms with van der Waals surface area (Å²) in [6.07, 6.45) is 2.42. The van der Waals surface area contributed by atoms with Gasteiger partial charge in [-0.2, -0.15) is 0 Å². The number of hydrogen-bond acceptors (Lipinski definition) is 2. The molecule has 2 nitrogen and oxygen atoms in total. The van der Waals surface area contributed by atoms with Gasteiger partial charge in [0, 0.05) is 12.2 Å². The summed E-state index contributed by atoms with van der Waals surface area (Å²) < 4.78 is 0. The molecule has 9 heavy (non-hydrogen) atoms. The predicted octanol–water partition coefficient (Wildman–Crippen LogP) is 0.601. The molecule has 0 aromatic heterocycles. The van der Waals surface area contributed by atoms with E-state index in [1.165, 1.54) is 18.4 Å². The summed E-state index contributed by atoms with van der Waals surface area (Å²) in [4.78, 5) is 0. The van der Waals surface area contributed by atoms with Crippen molar-refractivity contribution < 1.29 is 0 Å². The first-order chi connectivity index (χ1) is 4.21. The predicted molar refractivity (Wildman–Crippen MR) is 39.0 cm³/mol. The van der Waals surface area contributed by atoms with Gasteiger partial charge in [-0.05, 0) is 19.8 Å². The maximum absolute atomic E-state index is 5.34. The van der Waals surface area contributed by atoms with Crippen LogP contribution in [0.5, 0.6) is 0 Å². The molecule has 0 bridgehead atoms. The highest BCUT2D eigenvalue weighted by molar-refractivity contribution is 5.23. The van der Waals surface area contributed by atoms with Gasteiger partial charge in [0.05, 0.1) is 0 Å². The molecule has 0 aliphatic heterocycles. The Balaban J connectivity index is 2.43. The normalized spacial score (nSPS) is 21.6. The van der Waals surface area contributed by atoms with Gasteiger partial charge in [0.15, 0.2) is 0 Å². The molecule has 1 rings (SSSR count).